The normalized spacial score (nSPS) is 14.6. The molecule has 0 fully saturated rings. The van der Waals surface area contributed by atoms with Crippen LogP contribution in [0, 0.1) is 6.92 Å². The maximum atomic E-state index is 13.9. The number of carbonyl (C=O) groups is 2. The van der Waals surface area contributed by atoms with Crippen LogP contribution in [0.25, 0.3) is 11.1 Å². The number of para-hydroxylation sites is 1. The Morgan fingerprint density at radius 2 is 1.68 bits per heavy atom. The van der Waals surface area contributed by atoms with E-state index in [0.29, 0.717) is 28.1 Å². The number of halogens is 3. The van der Waals surface area contributed by atoms with Crippen molar-refractivity contribution in [3.05, 3.63) is 113 Å². The molecule has 4 aromatic carbocycles. The molecule has 8 nitrogen and oxygen atoms in total. The molecule has 1 aliphatic rings. The van der Waals surface area contributed by atoms with Crippen LogP contribution < -0.4 is 14.4 Å². The van der Waals surface area contributed by atoms with Gasteiger partial charge in [-0.1, -0.05) is 42.5 Å². The Balaban J connectivity index is 1.32. The van der Waals surface area contributed by atoms with Gasteiger partial charge in [0.15, 0.2) is 0 Å². The van der Waals surface area contributed by atoms with E-state index >= 15 is 0 Å². The molecule has 2 N–H and O–H groups in total. The lowest BCUT2D eigenvalue weighted by molar-refractivity contribution is -0.137. The second-order valence-corrected chi connectivity index (χ2v) is 12.0. The lowest BCUT2D eigenvalue weighted by Gasteiger charge is -2.26. The summed E-state index contributed by atoms with van der Waals surface area (Å²) in [5.41, 5.74) is 1.63. The average Bonchev–Trinajstić information content (AvgIpc) is 3.40. The fourth-order valence-corrected chi connectivity index (χ4v) is 6.71. The van der Waals surface area contributed by atoms with E-state index in [0.717, 1.165) is 16.4 Å². The van der Waals surface area contributed by atoms with Crippen molar-refractivity contribution in [2.45, 2.75) is 30.5 Å². The number of nitrogens with zero attached hydrogens (tertiary/aromatic N) is 1. The highest BCUT2D eigenvalue weighted by atomic mass is 32.2. The minimum Gasteiger partial charge on any atom is -0.491 e. The zero-order valence-corrected chi connectivity index (χ0v) is 24.2. The van der Waals surface area contributed by atoms with E-state index in [4.69, 9.17) is 9.84 Å². The number of anilines is 1. The Morgan fingerprint density at radius 1 is 0.955 bits per heavy atom. The van der Waals surface area contributed by atoms with Gasteiger partial charge in [0.1, 0.15) is 18.4 Å². The molecule has 228 valence electrons. The minimum atomic E-state index is -4.52. The predicted molar refractivity (Wildman–Crippen MR) is 157 cm³/mol. The molecular formula is C32H27F3N2O6S. The number of carbonyl (C=O) groups excluding carboxylic acids is 1. The van der Waals surface area contributed by atoms with E-state index in [1.165, 1.54) is 54.6 Å². The number of ether oxygens (including phenoxy) is 1. The zero-order valence-electron chi connectivity index (χ0n) is 23.3. The van der Waals surface area contributed by atoms with Crippen molar-refractivity contribution in [3.8, 4) is 16.9 Å². The number of benzene rings is 4. The zero-order chi connectivity index (χ0) is 31.6. The van der Waals surface area contributed by atoms with Crippen molar-refractivity contribution in [1.82, 2.24) is 5.32 Å². The van der Waals surface area contributed by atoms with Crippen LogP contribution in [0.4, 0.5) is 18.9 Å². The quantitative estimate of drug-likeness (QED) is 0.231. The number of carboxylic acids is 1. The summed E-state index contributed by atoms with van der Waals surface area (Å²) in [5, 5.41) is 11.8. The second-order valence-electron chi connectivity index (χ2n) is 10.2. The lowest BCUT2D eigenvalue weighted by Crippen LogP contribution is -2.48. The summed E-state index contributed by atoms with van der Waals surface area (Å²) in [4.78, 5) is 24.3. The fraction of sp³-hybridized carbons (Fsp3) is 0.188. The Morgan fingerprint density at radius 3 is 2.36 bits per heavy atom. The first kappa shape index (κ1) is 30.6. The number of nitrogens with one attached hydrogen (secondary N) is 1. The molecule has 0 bridgehead atoms. The number of carboxylic acid groups (broad SMARTS) is 1. The van der Waals surface area contributed by atoms with Crippen LogP contribution in [-0.2, 0) is 27.4 Å². The van der Waals surface area contributed by atoms with Crippen molar-refractivity contribution < 1.29 is 41.0 Å². The highest BCUT2D eigenvalue weighted by Crippen LogP contribution is 2.38. The Bertz CT molecular complexity index is 1820. The van der Waals surface area contributed by atoms with Gasteiger partial charge in [0.25, 0.3) is 10.0 Å². The summed E-state index contributed by atoms with van der Waals surface area (Å²) < 4.78 is 74.1. The largest absolute Gasteiger partial charge is 0.491 e. The Hall–Kier alpha value is -4.84. The highest BCUT2D eigenvalue weighted by Gasteiger charge is 2.42. The van der Waals surface area contributed by atoms with E-state index in [2.05, 4.69) is 5.32 Å². The second kappa shape index (κ2) is 12.0. The van der Waals surface area contributed by atoms with Gasteiger partial charge in [0.05, 0.1) is 28.3 Å². The number of alkyl halides is 3. The third-order valence-corrected chi connectivity index (χ3v) is 9.08. The molecule has 1 heterocycles. The van der Waals surface area contributed by atoms with Crippen molar-refractivity contribution >= 4 is 27.6 Å². The summed E-state index contributed by atoms with van der Waals surface area (Å²) in [6, 6.07) is 20.3. The van der Waals surface area contributed by atoms with Gasteiger partial charge in [-0.15, -0.1) is 0 Å². The molecule has 12 heteroatoms. The monoisotopic (exact) mass is 624 g/mol. The van der Waals surface area contributed by atoms with Gasteiger partial charge in [-0.2, -0.15) is 13.2 Å². The summed E-state index contributed by atoms with van der Waals surface area (Å²) in [7, 11) is -4.25. The number of sulfonamides is 1. The summed E-state index contributed by atoms with van der Waals surface area (Å²) in [6.45, 7) is 1.82. The van der Waals surface area contributed by atoms with Gasteiger partial charge < -0.3 is 15.2 Å². The van der Waals surface area contributed by atoms with Crippen LogP contribution in [0.15, 0.2) is 95.9 Å². The first-order valence-corrected chi connectivity index (χ1v) is 14.9. The fourth-order valence-electron chi connectivity index (χ4n) is 5.06. The molecule has 0 unspecified atom stereocenters. The lowest BCUT2D eigenvalue weighted by atomic mass is 10.0. The van der Waals surface area contributed by atoms with E-state index in [1.54, 1.807) is 31.2 Å². The minimum absolute atomic E-state index is 0.0580. The molecule has 0 saturated carbocycles. The number of hydrogen-bond donors (Lipinski definition) is 2. The topological polar surface area (TPSA) is 113 Å². The van der Waals surface area contributed by atoms with E-state index in [1.807, 2.05) is 0 Å². The first-order valence-electron chi connectivity index (χ1n) is 13.5. The molecule has 0 saturated heterocycles. The number of aryl methyl sites for hydroxylation is 1. The van der Waals surface area contributed by atoms with Crippen LogP contribution in [0.1, 0.15) is 27.0 Å². The van der Waals surface area contributed by atoms with Crippen molar-refractivity contribution in [3.63, 3.8) is 0 Å². The van der Waals surface area contributed by atoms with Gasteiger partial charge >= 0.3 is 12.1 Å². The van der Waals surface area contributed by atoms with Crippen LogP contribution in [0.5, 0.6) is 5.75 Å². The number of aromatic carboxylic acids is 1. The average molecular weight is 625 g/mol. The molecule has 0 aromatic heterocycles. The summed E-state index contributed by atoms with van der Waals surface area (Å²) >= 11 is 0. The van der Waals surface area contributed by atoms with Crippen LogP contribution in [0.3, 0.4) is 0 Å². The Labute approximate surface area is 251 Å². The SMILES string of the molecule is Cc1cc(C(=O)O)ccc1OCCNC(=O)[C@@H]1Cc2ccccc2N1S(=O)(=O)c1ccc(-c2cccc(C(F)(F)F)c2)cc1. The number of amides is 1. The maximum Gasteiger partial charge on any atom is 0.416 e. The van der Waals surface area contributed by atoms with Gasteiger partial charge in [-0.05, 0) is 77.7 Å². The molecule has 1 atom stereocenters. The van der Waals surface area contributed by atoms with Crippen LogP contribution in [-0.4, -0.2) is 44.6 Å². The molecule has 0 aliphatic carbocycles. The molecule has 1 aliphatic heterocycles. The van der Waals surface area contributed by atoms with Crippen LogP contribution >= 0.6 is 0 Å². The van der Waals surface area contributed by atoms with E-state index in [9.17, 15) is 31.2 Å². The highest BCUT2D eigenvalue weighted by molar-refractivity contribution is 7.93. The predicted octanol–water partition coefficient (Wildman–Crippen LogP) is 5.69. The van der Waals surface area contributed by atoms with Crippen LogP contribution in [0.2, 0.25) is 0 Å². The molecule has 44 heavy (non-hydrogen) atoms. The maximum absolute atomic E-state index is 13.9. The van der Waals surface area contributed by atoms with E-state index < -0.39 is 39.7 Å². The third kappa shape index (κ3) is 6.25. The number of hydrogen-bond acceptors (Lipinski definition) is 5. The van der Waals surface area contributed by atoms with Crippen molar-refractivity contribution in [2.75, 3.05) is 17.5 Å². The molecule has 0 radical (unpaired) electrons. The Kier molecular flexibility index (Phi) is 8.38. The smallest absolute Gasteiger partial charge is 0.416 e. The van der Waals surface area contributed by atoms with Gasteiger partial charge in [0, 0.05) is 6.42 Å². The van der Waals surface area contributed by atoms with Gasteiger partial charge in [0.2, 0.25) is 5.91 Å². The standard InChI is InChI=1S/C32H27F3N2O6S/c1-20-17-24(31(39)40)11-14-29(20)43-16-15-36-30(38)28-19-23-5-2-3-8-27(23)37(28)44(41,42)26-12-9-21(10-13-26)22-6-4-7-25(18-22)32(33,34)35/h2-14,17-18,28H,15-16,19H2,1H3,(H,36,38)(H,39,40)/t28-/m0/s1. The third-order valence-electron chi connectivity index (χ3n) is 7.24. The summed E-state index contributed by atoms with van der Waals surface area (Å²) in [5.74, 6) is -1.14. The van der Waals surface area contributed by atoms with Crippen molar-refractivity contribution in [2.24, 2.45) is 0 Å². The molecule has 1 amide bonds. The number of rotatable bonds is 9. The van der Waals surface area contributed by atoms with Gasteiger partial charge in [-0.3, -0.25) is 9.10 Å². The van der Waals surface area contributed by atoms with Crippen molar-refractivity contribution in [1.29, 1.82) is 0 Å². The molecule has 4 aromatic rings. The van der Waals surface area contributed by atoms with E-state index in [-0.39, 0.29) is 35.6 Å². The van der Waals surface area contributed by atoms with Gasteiger partial charge in [-0.25, -0.2) is 13.2 Å². The molecular weight excluding hydrogens is 597 g/mol. The first-order chi connectivity index (χ1) is 20.9. The number of fused-ring (bicyclic) bond motifs is 1. The summed E-state index contributed by atoms with van der Waals surface area (Å²) in [6.07, 6.45) is -4.38. The molecule has 0 spiro atoms. The molecule has 5 rings (SSSR count).